The van der Waals surface area contributed by atoms with E-state index in [1.807, 2.05) is 35.2 Å². The van der Waals surface area contributed by atoms with E-state index in [0.717, 1.165) is 25.8 Å². The van der Waals surface area contributed by atoms with Crippen LogP contribution in [0.5, 0.6) is 0 Å². The molecule has 102 valence electrons. The second kappa shape index (κ2) is 6.50. The van der Waals surface area contributed by atoms with Crippen LogP contribution in [0.15, 0.2) is 30.3 Å². The number of rotatable bonds is 5. The van der Waals surface area contributed by atoms with Crippen LogP contribution in [0.2, 0.25) is 0 Å². The molecule has 0 bridgehead atoms. The molecule has 1 aromatic rings. The molecule has 1 aliphatic heterocycles. The highest BCUT2D eigenvalue weighted by molar-refractivity contribution is 5.80. The number of Topliss-reactive ketones (excluding diaryl/α,β-unsaturated/α-hetero) is 1. The van der Waals surface area contributed by atoms with Gasteiger partial charge in [0, 0.05) is 25.4 Å². The minimum Gasteiger partial charge on any atom is -0.339 e. The van der Waals surface area contributed by atoms with E-state index < -0.39 is 0 Å². The second-order valence-electron chi connectivity index (χ2n) is 5.27. The van der Waals surface area contributed by atoms with Crippen LogP contribution in [-0.4, -0.2) is 29.2 Å². The molecule has 0 saturated carbocycles. The lowest BCUT2D eigenvalue weighted by molar-refractivity contribution is -0.132. The fourth-order valence-corrected chi connectivity index (χ4v) is 2.75. The maximum absolute atomic E-state index is 12.2. The summed E-state index contributed by atoms with van der Waals surface area (Å²) < 4.78 is 0. The molecule has 3 nitrogen and oxygen atoms in total. The predicted octanol–water partition coefficient (Wildman–Crippen LogP) is 2.59. The molecule has 1 atom stereocenters. The van der Waals surface area contributed by atoms with Gasteiger partial charge in [-0.3, -0.25) is 9.59 Å². The van der Waals surface area contributed by atoms with Crippen LogP contribution in [0, 0.1) is 0 Å². The number of likely N-dealkylation sites (tertiary alicyclic amines) is 1. The standard InChI is InChI=1S/C16H21NO2/c1-13(18)12-15-8-5-11-17(15)16(19)10-9-14-6-3-2-4-7-14/h2-4,6-7,15H,5,8-12H2,1H3. The number of carbonyl (C=O) groups excluding carboxylic acids is 2. The summed E-state index contributed by atoms with van der Waals surface area (Å²) in [6.45, 7) is 2.41. The summed E-state index contributed by atoms with van der Waals surface area (Å²) in [6, 6.07) is 10.2. The Morgan fingerprint density at radius 1 is 1.26 bits per heavy atom. The van der Waals surface area contributed by atoms with Crippen LogP contribution >= 0.6 is 0 Å². The molecule has 0 aromatic heterocycles. The van der Waals surface area contributed by atoms with Crippen LogP contribution < -0.4 is 0 Å². The summed E-state index contributed by atoms with van der Waals surface area (Å²) in [4.78, 5) is 25.3. The van der Waals surface area contributed by atoms with Crippen LogP contribution in [0.4, 0.5) is 0 Å². The first kappa shape index (κ1) is 13.8. The average molecular weight is 259 g/mol. The van der Waals surface area contributed by atoms with Crippen molar-refractivity contribution in [2.24, 2.45) is 0 Å². The van der Waals surface area contributed by atoms with E-state index in [2.05, 4.69) is 0 Å². The predicted molar refractivity (Wildman–Crippen MR) is 74.8 cm³/mol. The monoisotopic (exact) mass is 259 g/mol. The van der Waals surface area contributed by atoms with E-state index in [0.29, 0.717) is 12.8 Å². The Balaban J connectivity index is 1.87. The van der Waals surface area contributed by atoms with Crippen LogP contribution in [0.3, 0.4) is 0 Å². The van der Waals surface area contributed by atoms with E-state index in [9.17, 15) is 9.59 Å². The zero-order chi connectivity index (χ0) is 13.7. The lowest BCUT2D eigenvalue weighted by Crippen LogP contribution is -2.36. The van der Waals surface area contributed by atoms with Gasteiger partial charge in [-0.05, 0) is 31.7 Å². The molecule has 1 unspecified atom stereocenters. The fraction of sp³-hybridized carbons (Fsp3) is 0.500. The Hall–Kier alpha value is -1.64. The number of amides is 1. The van der Waals surface area contributed by atoms with Crippen molar-refractivity contribution in [1.29, 1.82) is 0 Å². The molecule has 0 spiro atoms. The molecule has 1 heterocycles. The highest BCUT2D eigenvalue weighted by Gasteiger charge is 2.28. The van der Waals surface area contributed by atoms with Crippen LogP contribution in [0.25, 0.3) is 0 Å². The molecule has 19 heavy (non-hydrogen) atoms. The fourth-order valence-electron chi connectivity index (χ4n) is 2.75. The van der Waals surface area contributed by atoms with Gasteiger partial charge in [0.2, 0.25) is 5.91 Å². The van der Waals surface area contributed by atoms with Gasteiger partial charge in [0.15, 0.2) is 0 Å². The molecule has 1 fully saturated rings. The first-order valence-electron chi connectivity index (χ1n) is 6.99. The van der Waals surface area contributed by atoms with Crippen molar-refractivity contribution in [3.63, 3.8) is 0 Å². The Morgan fingerprint density at radius 3 is 2.68 bits per heavy atom. The van der Waals surface area contributed by atoms with E-state index >= 15 is 0 Å². The van der Waals surface area contributed by atoms with Gasteiger partial charge in [-0.1, -0.05) is 30.3 Å². The lowest BCUT2D eigenvalue weighted by Gasteiger charge is -2.24. The van der Waals surface area contributed by atoms with E-state index in [-0.39, 0.29) is 17.7 Å². The van der Waals surface area contributed by atoms with E-state index in [1.165, 1.54) is 5.56 Å². The number of hydrogen-bond acceptors (Lipinski definition) is 2. The van der Waals surface area contributed by atoms with Crippen molar-refractivity contribution in [1.82, 2.24) is 4.90 Å². The largest absolute Gasteiger partial charge is 0.339 e. The van der Waals surface area contributed by atoms with Gasteiger partial charge in [-0.25, -0.2) is 0 Å². The summed E-state index contributed by atoms with van der Waals surface area (Å²) in [7, 11) is 0. The van der Waals surface area contributed by atoms with Gasteiger partial charge in [0.25, 0.3) is 0 Å². The molecular formula is C16H21NO2. The molecule has 0 aliphatic carbocycles. The number of nitrogens with zero attached hydrogens (tertiary/aromatic N) is 1. The molecule has 0 radical (unpaired) electrons. The molecule has 2 rings (SSSR count). The zero-order valence-corrected chi connectivity index (χ0v) is 11.5. The minimum atomic E-state index is 0.140. The molecule has 3 heteroatoms. The van der Waals surface area contributed by atoms with Gasteiger partial charge in [0.1, 0.15) is 5.78 Å². The van der Waals surface area contributed by atoms with Crippen molar-refractivity contribution < 1.29 is 9.59 Å². The minimum absolute atomic E-state index is 0.140. The maximum Gasteiger partial charge on any atom is 0.223 e. The van der Waals surface area contributed by atoms with Gasteiger partial charge >= 0.3 is 0 Å². The maximum atomic E-state index is 12.2. The summed E-state index contributed by atoms with van der Waals surface area (Å²) in [6.07, 6.45) is 3.82. The molecule has 1 saturated heterocycles. The Labute approximate surface area is 114 Å². The van der Waals surface area contributed by atoms with Crippen molar-refractivity contribution in [3.05, 3.63) is 35.9 Å². The quantitative estimate of drug-likeness (QED) is 0.815. The van der Waals surface area contributed by atoms with Crippen LogP contribution in [-0.2, 0) is 16.0 Å². The summed E-state index contributed by atoms with van der Waals surface area (Å²) in [5, 5.41) is 0. The van der Waals surface area contributed by atoms with E-state index in [4.69, 9.17) is 0 Å². The summed E-state index contributed by atoms with van der Waals surface area (Å²) >= 11 is 0. The zero-order valence-electron chi connectivity index (χ0n) is 11.5. The summed E-state index contributed by atoms with van der Waals surface area (Å²) in [5.41, 5.74) is 1.19. The SMILES string of the molecule is CC(=O)CC1CCCN1C(=O)CCc1ccccc1. The molecule has 0 N–H and O–H groups in total. The normalized spacial score (nSPS) is 18.6. The van der Waals surface area contributed by atoms with Gasteiger partial charge in [-0.2, -0.15) is 0 Å². The first-order chi connectivity index (χ1) is 9.16. The number of carbonyl (C=O) groups is 2. The van der Waals surface area contributed by atoms with Gasteiger partial charge in [-0.15, -0.1) is 0 Å². The smallest absolute Gasteiger partial charge is 0.223 e. The third kappa shape index (κ3) is 3.91. The Kier molecular flexibility index (Phi) is 4.72. The first-order valence-corrected chi connectivity index (χ1v) is 6.99. The number of aryl methyl sites for hydroxylation is 1. The molecule has 1 amide bonds. The highest BCUT2D eigenvalue weighted by atomic mass is 16.2. The van der Waals surface area contributed by atoms with Crippen molar-refractivity contribution in [2.45, 2.75) is 45.1 Å². The highest BCUT2D eigenvalue weighted by Crippen LogP contribution is 2.21. The topological polar surface area (TPSA) is 37.4 Å². The Bertz CT molecular complexity index is 441. The molecule has 1 aliphatic rings. The van der Waals surface area contributed by atoms with Gasteiger partial charge in [0.05, 0.1) is 0 Å². The Morgan fingerprint density at radius 2 is 2.00 bits per heavy atom. The van der Waals surface area contributed by atoms with Crippen molar-refractivity contribution >= 4 is 11.7 Å². The van der Waals surface area contributed by atoms with Crippen LogP contribution in [0.1, 0.15) is 38.2 Å². The van der Waals surface area contributed by atoms with Crippen molar-refractivity contribution in [3.8, 4) is 0 Å². The van der Waals surface area contributed by atoms with Crippen molar-refractivity contribution in [2.75, 3.05) is 6.54 Å². The number of hydrogen-bond donors (Lipinski definition) is 0. The molecular weight excluding hydrogens is 238 g/mol. The lowest BCUT2D eigenvalue weighted by atomic mass is 10.1. The van der Waals surface area contributed by atoms with Gasteiger partial charge < -0.3 is 4.90 Å². The average Bonchev–Trinajstić information content (AvgIpc) is 2.84. The summed E-state index contributed by atoms with van der Waals surface area (Å²) in [5.74, 6) is 0.361. The number of ketones is 1. The second-order valence-corrected chi connectivity index (χ2v) is 5.27. The molecule has 1 aromatic carbocycles. The number of benzene rings is 1. The van der Waals surface area contributed by atoms with E-state index in [1.54, 1.807) is 6.92 Å². The third-order valence-corrected chi connectivity index (χ3v) is 3.69. The third-order valence-electron chi connectivity index (χ3n) is 3.69.